The van der Waals surface area contributed by atoms with Gasteiger partial charge in [0, 0.05) is 0 Å². The molecule has 1 aromatic rings. The Hall–Kier alpha value is -2.55. The molecule has 1 N–H and O–H groups in total. The number of isocyanates is 2. The summed E-state index contributed by atoms with van der Waals surface area (Å²) in [5.41, 5.74) is -0.135. The van der Waals surface area contributed by atoms with Gasteiger partial charge in [0.25, 0.3) is 0 Å². The summed E-state index contributed by atoms with van der Waals surface area (Å²) in [7, 11) is 0. The fourth-order valence-electron chi connectivity index (χ4n) is 0.964. The molecule has 0 aromatic heterocycles. The molecule has 0 unspecified atom stereocenters. The molecular weight excluding hydrogens is 200 g/mol. The second kappa shape index (κ2) is 4.62. The summed E-state index contributed by atoms with van der Waals surface area (Å²) in [5.74, 6) is -1.27. The zero-order chi connectivity index (χ0) is 11.3. The van der Waals surface area contributed by atoms with Crippen molar-refractivity contribution in [3.63, 3.8) is 0 Å². The van der Waals surface area contributed by atoms with Crippen LogP contribution in [0.2, 0.25) is 0 Å². The van der Waals surface area contributed by atoms with Gasteiger partial charge in [-0.2, -0.15) is 9.98 Å². The smallest absolute Gasteiger partial charge is 0.338 e. The van der Waals surface area contributed by atoms with E-state index in [1.165, 1.54) is 24.3 Å². The van der Waals surface area contributed by atoms with E-state index in [4.69, 9.17) is 5.11 Å². The highest BCUT2D eigenvalue weighted by atomic mass is 16.4. The van der Waals surface area contributed by atoms with Gasteiger partial charge in [0.15, 0.2) is 0 Å². The summed E-state index contributed by atoms with van der Waals surface area (Å²) in [6, 6.07) is 3.71. The summed E-state index contributed by atoms with van der Waals surface area (Å²) in [6.07, 6.45) is 2.51. The summed E-state index contributed by atoms with van der Waals surface area (Å²) < 4.78 is 0. The number of hydrogen-bond acceptors (Lipinski definition) is 5. The van der Waals surface area contributed by atoms with Gasteiger partial charge in [0.1, 0.15) is 0 Å². The Bertz CT molecular complexity index is 497. The van der Waals surface area contributed by atoms with E-state index in [0.717, 1.165) is 6.07 Å². The van der Waals surface area contributed by atoms with Crippen LogP contribution in [0.5, 0.6) is 0 Å². The van der Waals surface area contributed by atoms with Crippen LogP contribution in [0.3, 0.4) is 0 Å². The van der Waals surface area contributed by atoms with Crippen LogP contribution in [-0.2, 0) is 9.59 Å². The Kier molecular flexibility index (Phi) is 3.24. The highest BCUT2D eigenvalue weighted by Crippen LogP contribution is 2.24. The van der Waals surface area contributed by atoms with Gasteiger partial charge in [-0.3, -0.25) is 0 Å². The van der Waals surface area contributed by atoms with E-state index in [9.17, 15) is 14.4 Å². The predicted molar refractivity (Wildman–Crippen MR) is 49.0 cm³/mol. The van der Waals surface area contributed by atoms with Crippen molar-refractivity contribution in [1.82, 2.24) is 0 Å². The van der Waals surface area contributed by atoms with Gasteiger partial charge in [0.2, 0.25) is 12.2 Å². The first-order valence-corrected chi connectivity index (χ1v) is 3.72. The molecule has 0 aliphatic carbocycles. The van der Waals surface area contributed by atoms with Crippen LogP contribution in [0.1, 0.15) is 10.4 Å². The maximum Gasteiger partial charge on any atom is 0.338 e. The summed E-state index contributed by atoms with van der Waals surface area (Å²) >= 11 is 0. The quantitative estimate of drug-likeness (QED) is 0.593. The van der Waals surface area contributed by atoms with Crippen molar-refractivity contribution < 1.29 is 19.5 Å². The zero-order valence-electron chi connectivity index (χ0n) is 7.30. The van der Waals surface area contributed by atoms with Crippen LogP contribution in [0.4, 0.5) is 11.4 Å². The van der Waals surface area contributed by atoms with Crippen LogP contribution in [0, 0.1) is 0 Å². The molecule has 0 aliphatic rings. The number of hydrogen-bond donors (Lipinski definition) is 1. The van der Waals surface area contributed by atoms with Crippen molar-refractivity contribution >= 4 is 29.5 Å². The highest BCUT2D eigenvalue weighted by molar-refractivity contribution is 5.94. The molecule has 1 rings (SSSR count). The number of benzene rings is 1. The van der Waals surface area contributed by atoms with Gasteiger partial charge in [-0.1, -0.05) is 0 Å². The van der Waals surface area contributed by atoms with E-state index in [-0.39, 0.29) is 16.9 Å². The van der Waals surface area contributed by atoms with Crippen molar-refractivity contribution in [2.75, 3.05) is 0 Å². The van der Waals surface area contributed by atoms with Crippen molar-refractivity contribution in [3.05, 3.63) is 23.8 Å². The minimum atomic E-state index is -1.27. The molecule has 0 radical (unpaired) electrons. The molecule has 0 amide bonds. The van der Waals surface area contributed by atoms with E-state index in [1.54, 1.807) is 0 Å². The maximum atomic E-state index is 10.7. The second-order valence-corrected chi connectivity index (χ2v) is 2.41. The number of rotatable bonds is 3. The van der Waals surface area contributed by atoms with Crippen LogP contribution in [-0.4, -0.2) is 23.2 Å². The van der Waals surface area contributed by atoms with Crippen molar-refractivity contribution in [2.24, 2.45) is 9.98 Å². The van der Waals surface area contributed by atoms with Gasteiger partial charge in [-0.25, -0.2) is 14.4 Å². The molecular formula is C9H4N2O4. The standard InChI is InChI=1S/C9H4N2O4/c12-4-10-6-1-2-8(11-5-13)7(3-6)9(14)15/h1-3H,(H,14,15). The Balaban J connectivity index is 3.38. The first-order valence-electron chi connectivity index (χ1n) is 3.72. The van der Waals surface area contributed by atoms with Crippen LogP contribution in [0.15, 0.2) is 28.2 Å². The largest absolute Gasteiger partial charge is 0.478 e. The monoisotopic (exact) mass is 204 g/mol. The van der Waals surface area contributed by atoms with E-state index in [1.807, 2.05) is 0 Å². The van der Waals surface area contributed by atoms with E-state index >= 15 is 0 Å². The topological polar surface area (TPSA) is 96.2 Å². The Labute approximate surface area is 83.6 Å². The second-order valence-electron chi connectivity index (χ2n) is 2.41. The van der Waals surface area contributed by atoms with Crippen molar-refractivity contribution in [1.29, 1.82) is 0 Å². The van der Waals surface area contributed by atoms with E-state index < -0.39 is 5.97 Å². The summed E-state index contributed by atoms with van der Waals surface area (Å²) in [4.78, 5) is 37.1. The lowest BCUT2D eigenvalue weighted by Crippen LogP contribution is -1.96. The Morgan fingerprint density at radius 3 is 2.40 bits per heavy atom. The molecule has 1 aromatic carbocycles. The molecule has 0 bridgehead atoms. The zero-order valence-corrected chi connectivity index (χ0v) is 7.30. The Morgan fingerprint density at radius 2 is 1.87 bits per heavy atom. The molecule has 0 aliphatic heterocycles. The third-order valence-corrected chi connectivity index (χ3v) is 1.55. The fraction of sp³-hybridized carbons (Fsp3) is 0. The molecule has 0 spiro atoms. The lowest BCUT2D eigenvalue weighted by Gasteiger charge is -1.98. The van der Waals surface area contributed by atoms with Gasteiger partial charge in [-0.15, -0.1) is 0 Å². The van der Waals surface area contributed by atoms with Crippen LogP contribution < -0.4 is 0 Å². The first kappa shape index (κ1) is 10.5. The number of carboxylic acid groups (broad SMARTS) is 1. The number of nitrogens with zero attached hydrogens (tertiary/aromatic N) is 2. The average Bonchev–Trinajstić information content (AvgIpc) is 2.21. The molecule has 0 fully saturated rings. The van der Waals surface area contributed by atoms with Crippen LogP contribution >= 0.6 is 0 Å². The molecule has 0 heterocycles. The van der Waals surface area contributed by atoms with Gasteiger partial charge < -0.3 is 5.11 Å². The van der Waals surface area contributed by atoms with Crippen molar-refractivity contribution in [3.8, 4) is 0 Å². The number of carbonyl (C=O) groups excluding carboxylic acids is 2. The average molecular weight is 204 g/mol. The van der Waals surface area contributed by atoms with Gasteiger partial charge in [0.05, 0.1) is 16.9 Å². The molecule has 6 heteroatoms. The minimum absolute atomic E-state index is 0.0395. The predicted octanol–water partition coefficient (Wildman–Crippen LogP) is 1.32. The van der Waals surface area contributed by atoms with Gasteiger partial charge in [-0.05, 0) is 18.2 Å². The molecule has 6 nitrogen and oxygen atoms in total. The van der Waals surface area contributed by atoms with E-state index in [0.29, 0.717) is 0 Å². The molecule has 0 saturated carbocycles. The number of aliphatic imine (C=N–C) groups is 2. The third kappa shape index (κ3) is 2.45. The highest BCUT2D eigenvalue weighted by Gasteiger charge is 2.10. The molecule has 0 saturated heterocycles. The Morgan fingerprint density at radius 1 is 1.20 bits per heavy atom. The first-order chi connectivity index (χ1) is 7.19. The SMILES string of the molecule is O=C=Nc1ccc(N=C=O)c(C(=O)O)c1. The normalized spacial score (nSPS) is 8.53. The van der Waals surface area contributed by atoms with Crippen LogP contribution in [0.25, 0.3) is 0 Å². The van der Waals surface area contributed by atoms with Gasteiger partial charge >= 0.3 is 5.97 Å². The van der Waals surface area contributed by atoms with E-state index in [2.05, 4.69) is 9.98 Å². The lowest BCUT2D eigenvalue weighted by molar-refractivity contribution is 0.0698. The molecule has 74 valence electrons. The maximum absolute atomic E-state index is 10.7. The summed E-state index contributed by atoms with van der Waals surface area (Å²) in [6.45, 7) is 0. The fourth-order valence-corrected chi connectivity index (χ4v) is 0.964. The lowest BCUT2D eigenvalue weighted by atomic mass is 10.1. The minimum Gasteiger partial charge on any atom is -0.478 e. The third-order valence-electron chi connectivity index (χ3n) is 1.55. The molecule has 0 atom stereocenters. The number of carboxylic acids is 1. The number of carbonyl (C=O) groups is 1. The number of aromatic carboxylic acids is 1. The summed E-state index contributed by atoms with van der Waals surface area (Å²) in [5, 5.41) is 8.75. The molecule has 15 heavy (non-hydrogen) atoms. The van der Waals surface area contributed by atoms with Crippen molar-refractivity contribution in [2.45, 2.75) is 0 Å².